The Morgan fingerprint density at radius 1 is 1.35 bits per heavy atom. The molecule has 2 heterocycles. The van der Waals surface area contributed by atoms with Crippen molar-refractivity contribution < 1.29 is 13.2 Å². The number of rotatable bonds is 2. The van der Waals surface area contributed by atoms with Crippen LogP contribution in [0.2, 0.25) is 0 Å². The van der Waals surface area contributed by atoms with Gasteiger partial charge in [-0.05, 0) is 32.7 Å². The molecule has 0 saturated carbocycles. The molecule has 2 fully saturated rings. The molecule has 1 atom stereocenters. The molecule has 5 nitrogen and oxygen atoms in total. The Morgan fingerprint density at radius 3 is 2.53 bits per heavy atom. The van der Waals surface area contributed by atoms with Crippen molar-refractivity contribution in [3.05, 3.63) is 0 Å². The molecular weight excluding hydrogens is 240 g/mol. The van der Waals surface area contributed by atoms with E-state index in [0.717, 1.165) is 13.0 Å². The van der Waals surface area contributed by atoms with Crippen LogP contribution in [0, 0.1) is 5.41 Å². The molecule has 1 unspecified atom stereocenters. The zero-order valence-corrected chi connectivity index (χ0v) is 11.0. The van der Waals surface area contributed by atoms with E-state index in [-0.39, 0.29) is 28.9 Å². The highest BCUT2D eigenvalue weighted by atomic mass is 32.2. The zero-order chi connectivity index (χ0) is 12.5. The van der Waals surface area contributed by atoms with Gasteiger partial charge in [0.1, 0.15) is 9.84 Å². The van der Waals surface area contributed by atoms with Crippen molar-refractivity contribution in [2.45, 2.75) is 32.2 Å². The van der Waals surface area contributed by atoms with Gasteiger partial charge >= 0.3 is 0 Å². The topological polar surface area (TPSA) is 75.3 Å². The average molecular weight is 260 g/mol. The normalized spacial score (nSPS) is 33.5. The molecule has 0 aromatic carbocycles. The molecule has 0 bridgehead atoms. The summed E-state index contributed by atoms with van der Waals surface area (Å²) in [6.45, 7) is 3.55. The number of nitrogens with one attached hydrogen (secondary N) is 2. The quantitative estimate of drug-likeness (QED) is 0.713. The first-order chi connectivity index (χ1) is 7.91. The van der Waals surface area contributed by atoms with Gasteiger partial charge in [-0.15, -0.1) is 0 Å². The second kappa shape index (κ2) is 4.57. The summed E-state index contributed by atoms with van der Waals surface area (Å²) in [5.74, 6) is 0.464. The zero-order valence-electron chi connectivity index (χ0n) is 10.2. The highest BCUT2D eigenvalue weighted by Gasteiger charge is 2.37. The van der Waals surface area contributed by atoms with E-state index in [9.17, 15) is 13.2 Å². The molecule has 6 heteroatoms. The Labute approximate surface area is 102 Å². The third-order valence-corrected chi connectivity index (χ3v) is 5.52. The van der Waals surface area contributed by atoms with E-state index < -0.39 is 9.84 Å². The lowest BCUT2D eigenvalue weighted by atomic mass is 9.88. The summed E-state index contributed by atoms with van der Waals surface area (Å²) in [4.78, 5) is 12.1. The van der Waals surface area contributed by atoms with E-state index in [0.29, 0.717) is 19.4 Å². The van der Waals surface area contributed by atoms with Gasteiger partial charge in [-0.2, -0.15) is 0 Å². The van der Waals surface area contributed by atoms with E-state index in [1.165, 1.54) is 0 Å². The second-order valence-corrected chi connectivity index (χ2v) is 7.69. The van der Waals surface area contributed by atoms with Crippen molar-refractivity contribution in [2.24, 2.45) is 5.41 Å². The van der Waals surface area contributed by atoms with Gasteiger partial charge in [0.05, 0.1) is 16.9 Å². The summed E-state index contributed by atoms with van der Waals surface area (Å²) in [7, 11) is -2.85. The van der Waals surface area contributed by atoms with Gasteiger partial charge in [-0.25, -0.2) is 8.42 Å². The SMILES string of the molecule is CC1(C(=O)NC2CCS(=O)(=O)CC2)CCNC1. The monoisotopic (exact) mass is 260 g/mol. The van der Waals surface area contributed by atoms with Crippen LogP contribution in [0.1, 0.15) is 26.2 Å². The molecule has 2 aliphatic rings. The molecule has 0 aromatic heterocycles. The molecular formula is C11H20N2O3S. The molecule has 17 heavy (non-hydrogen) atoms. The molecule has 0 radical (unpaired) electrons. The third kappa shape index (κ3) is 2.98. The lowest BCUT2D eigenvalue weighted by Gasteiger charge is -2.28. The highest BCUT2D eigenvalue weighted by Crippen LogP contribution is 2.25. The average Bonchev–Trinajstić information content (AvgIpc) is 2.70. The van der Waals surface area contributed by atoms with Crippen molar-refractivity contribution in [3.8, 4) is 0 Å². The van der Waals surface area contributed by atoms with Crippen LogP contribution in [0.5, 0.6) is 0 Å². The van der Waals surface area contributed by atoms with E-state index in [2.05, 4.69) is 10.6 Å². The Hall–Kier alpha value is -0.620. The van der Waals surface area contributed by atoms with Gasteiger partial charge in [0.15, 0.2) is 0 Å². The smallest absolute Gasteiger partial charge is 0.227 e. The maximum absolute atomic E-state index is 12.1. The Balaban J connectivity index is 1.88. The summed E-state index contributed by atoms with van der Waals surface area (Å²) in [6, 6.07) is 0.0310. The molecule has 2 aliphatic heterocycles. The van der Waals surface area contributed by atoms with Crippen molar-refractivity contribution in [2.75, 3.05) is 24.6 Å². The van der Waals surface area contributed by atoms with Crippen molar-refractivity contribution >= 4 is 15.7 Å². The van der Waals surface area contributed by atoms with Gasteiger partial charge in [0.2, 0.25) is 5.91 Å². The standard InChI is InChI=1S/C11H20N2O3S/c1-11(4-5-12-8-11)10(14)13-9-2-6-17(15,16)7-3-9/h9,12H,2-8H2,1H3,(H,13,14). The number of carbonyl (C=O) groups excluding carboxylic acids is 1. The minimum Gasteiger partial charge on any atom is -0.353 e. The van der Waals surface area contributed by atoms with Crippen LogP contribution in [-0.4, -0.2) is 45.0 Å². The first-order valence-electron chi connectivity index (χ1n) is 6.13. The lowest BCUT2D eigenvalue weighted by Crippen LogP contribution is -2.47. The maximum atomic E-state index is 12.1. The van der Waals surface area contributed by atoms with Crippen LogP contribution < -0.4 is 10.6 Å². The number of sulfone groups is 1. The van der Waals surface area contributed by atoms with E-state index >= 15 is 0 Å². The van der Waals surface area contributed by atoms with Crippen molar-refractivity contribution in [1.82, 2.24) is 10.6 Å². The van der Waals surface area contributed by atoms with Crippen LogP contribution >= 0.6 is 0 Å². The molecule has 2 rings (SSSR count). The number of carbonyl (C=O) groups is 1. The predicted molar refractivity (Wildman–Crippen MR) is 65.4 cm³/mol. The van der Waals surface area contributed by atoms with Crippen LogP contribution in [0.4, 0.5) is 0 Å². The van der Waals surface area contributed by atoms with Gasteiger partial charge in [-0.3, -0.25) is 4.79 Å². The Bertz CT molecular complexity index is 385. The van der Waals surface area contributed by atoms with Gasteiger partial charge in [0.25, 0.3) is 0 Å². The number of amides is 1. The van der Waals surface area contributed by atoms with Gasteiger partial charge in [-0.1, -0.05) is 0 Å². The molecule has 2 N–H and O–H groups in total. The molecule has 98 valence electrons. The lowest BCUT2D eigenvalue weighted by molar-refractivity contribution is -0.130. The number of hydrogen-bond donors (Lipinski definition) is 2. The Morgan fingerprint density at radius 2 is 2.00 bits per heavy atom. The van der Waals surface area contributed by atoms with Crippen LogP contribution in [-0.2, 0) is 14.6 Å². The van der Waals surface area contributed by atoms with E-state index in [1.807, 2.05) is 6.92 Å². The molecule has 1 amide bonds. The minimum absolute atomic E-state index is 0.0310. The fraction of sp³-hybridized carbons (Fsp3) is 0.909. The fourth-order valence-corrected chi connectivity index (χ4v) is 3.90. The molecule has 0 aromatic rings. The first kappa shape index (κ1) is 12.8. The van der Waals surface area contributed by atoms with Crippen LogP contribution in [0.15, 0.2) is 0 Å². The van der Waals surface area contributed by atoms with Crippen molar-refractivity contribution in [1.29, 1.82) is 0 Å². The summed E-state index contributed by atoms with van der Waals surface area (Å²) >= 11 is 0. The molecule has 0 spiro atoms. The van der Waals surface area contributed by atoms with Crippen LogP contribution in [0.25, 0.3) is 0 Å². The largest absolute Gasteiger partial charge is 0.353 e. The predicted octanol–water partition coefficient (Wildman–Crippen LogP) is -0.321. The highest BCUT2D eigenvalue weighted by molar-refractivity contribution is 7.91. The molecule has 2 saturated heterocycles. The van der Waals surface area contributed by atoms with Crippen LogP contribution in [0.3, 0.4) is 0 Å². The van der Waals surface area contributed by atoms with E-state index in [1.54, 1.807) is 0 Å². The number of hydrogen-bond acceptors (Lipinski definition) is 4. The Kier molecular flexibility index (Phi) is 3.45. The molecule has 0 aliphatic carbocycles. The first-order valence-corrected chi connectivity index (χ1v) is 7.96. The van der Waals surface area contributed by atoms with Crippen molar-refractivity contribution in [3.63, 3.8) is 0 Å². The summed E-state index contributed by atoms with van der Waals surface area (Å²) in [5.41, 5.74) is -0.323. The summed E-state index contributed by atoms with van der Waals surface area (Å²) in [5, 5.41) is 6.18. The maximum Gasteiger partial charge on any atom is 0.227 e. The summed E-state index contributed by atoms with van der Waals surface area (Å²) < 4.78 is 22.6. The van der Waals surface area contributed by atoms with Gasteiger partial charge in [0, 0.05) is 12.6 Å². The van der Waals surface area contributed by atoms with E-state index in [4.69, 9.17) is 0 Å². The van der Waals surface area contributed by atoms with Gasteiger partial charge < -0.3 is 10.6 Å². The second-order valence-electron chi connectivity index (χ2n) is 5.39. The third-order valence-electron chi connectivity index (χ3n) is 3.81. The minimum atomic E-state index is -2.85. The fourth-order valence-electron chi connectivity index (χ4n) is 2.40. The summed E-state index contributed by atoms with van der Waals surface area (Å²) in [6.07, 6.45) is 1.96.